The van der Waals surface area contributed by atoms with Crippen LogP contribution in [-0.4, -0.2) is 13.2 Å². The predicted molar refractivity (Wildman–Crippen MR) is 70.5 cm³/mol. The van der Waals surface area contributed by atoms with Crippen molar-refractivity contribution in [1.29, 1.82) is 5.26 Å². The van der Waals surface area contributed by atoms with Crippen LogP contribution in [0, 0.1) is 18.3 Å². The van der Waals surface area contributed by atoms with Crippen molar-refractivity contribution >= 4 is 7.60 Å². The van der Waals surface area contributed by atoms with Crippen LogP contribution in [0.4, 0.5) is 0 Å². The molecular formula is C13H18NO3P. The Labute approximate surface area is 108 Å². The number of nitriles is 1. The highest BCUT2D eigenvalue weighted by molar-refractivity contribution is 7.53. The highest BCUT2D eigenvalue weighted by Gasteiger charge is 2.25. The van der Waals surface area contributed by atoms with Gasteiger partial charge in [-0.25, -0.2) is 0 Å². The average Bonchev–Trinajstić information content (AvgIpc) is 2.29. The van der Waals surface area contributed by atoms with Crippen molar-refractivity contribution in [2.45, 2.75) is 26.9 Å². The molecule has 0 aliphatic carbocycles. The van der Waals surface area contributed by atoms with E-state index in [4.69, 9.17) is 14.3 Å². The zero-order chi connectivity index (χ0) is 13.6. The van der Waals surface area contributed by atoms with Gasteiger partial charge < -0.3 is 9.05 Å². The summed E-state index contributed by atoms with van der Waals surface area (Å²) in [6, 6.07) is 7.62. The summed E-state index contributed by atoms with van der Waals surface area (Å²) < 4.78 is 22.9. The van der Waals surface area contributed by atoms with Crippen molar-refractivity contribution in [3.63, 3.8) is 0 Å². The van der Waals surface area contributed by atoms with E-state index >= 15 is 0 Å². The first-order valence-corrected chi connectivity index (χ1v) is 7.65. The van der Waals surface area contributed by atoms with Crippen molar-refractivity contribution in [3.05, 3.63) is 34.9 Å². The minimum Gasteiger partial charge on any atom is -0.309 e. The largest absolute Gasteiger partial charge is 0.335 e. The van der Waals surface area contributed by atoms with Crippen LogP contribution in [-0.2, 0) is 19.8 Å². The number of nitrogens with zero attached hydrogens (tertiary/aromatic N) is 1. The zero-order valence-corrected chi connectivity index (χ0v) is 11.9. The summed E-state index contributed by atoms with van der Waals surface area (Å²) in [6.07, 6.45) is 0.138. The SMILES string of the molecule is CCOP(=O)(Cc1cccc(C)c1C#N)OCC. The molecule has 0 aliphatic rings. The van der Waals surface area contributed by atoms with Crippen LogP contribution >= 0.6 is 7.60 Å². The van der Waals surface area contributed by atoms with Crippen LogP contribution < -0.4 is 0 Å². The molecule has 0 unspecified atom stereocenters. The van der Waals surface area contributed by atoms with Crippen LogP contribution in [0.25, 0.3) is 0 Å². The summed E-state index contributed by atoms with van der Waals surface area (Å²) >= 11 is 0. The molecule has 1 aromatic carbocycles. The van der Waals surface area contributed by atoms with Crippen LogP contribution in [0.2, 0.25) is 0 Å². The highest BCUT2D eigenvalue weighted by Crippen LogP contribution is 2.51. The van der Waals surface area contributed by atoms with E-state index in [0.29, 0.717) is 24.3 Å². The van der Waals surface area contributed by atoms with E-state index in [0.717, 1.165) is 5.56 Å². The van der Waals surface area contributed by atoms with Crippen LogP contribution in [0.5, 0.6) is 0 Å². The molecular weight excluding hydrogens is 249 g/mol. The molecule has 0 heterocycles. The van der Waals surface area contributed by atoms with Crippen LogP contribution in [0.1, 0.15) is 30.5 Å². The van der Waals surface area contributed by atoms with Crippen molar-refractivity contribution in [1.82, 2.24) is 0 Å². The molecule has 0 spiro atoms. The standard InChI is InChI=1S/C13H18NO3P/c1-4-16-18(15,17-5-2)10-12-8-6-7-11(3)13(12)9-14/h6-8H,4-5,10H2,1-3H3. The highest BCUT2D eigenvalue weighted by atomic mass is 31.2. The molecule has 5 heteroatoms. The normalized spacial score (nSPS) is 11.2. The Balaban J connectivity index is 3.05. The monoisotopic (exact) mass is 267 g/mol. The van der Waals surface area contributed by atoms with E-state index in [-0.39, 0.29) is 6.16 Å². The third kappa shape index (κ3) is 3.68. The summed E-state index contributed by atoms with van der Waals surface area (Å²) in [6.45, 7) is 6.05. The minimum absolute atomic E-state index is 0.138. The van der Waals surface area contributed by atoms with Crippen LogP contribution in [0.15, 0.2) is 18.2 Å². The fourth-order valence-corrected chi connectivity index (χ4v) is 3.48. The van der Waals surface area contributed by atoms with Gasteiger partial charge in [0.2, 0.25) is 0 Å². The van der Waals surface area contributed by atoms with E-state index in [1.54, 1.807) is 19.9 Å². The summed E-state index contributed by atoms with van der Waals surface area (Å²) in [5.74, 6) is 0. The first-order valence-electron chi connectivity index (χ1n) is 5.93. The maximum Gasteiger partial charge on any atom is 0.335 e. The van der Waals surface area contributed by atoms with Gasteiger partial charge in [-0.2, -0.15) is 5.26 Å². The number of rotatable bonds is 6. The van der Waals surface area contributed by atoms with Gasteiger partial charge in [-0.3, -0.25) is 4.57 Å². The molecule has 0 atom stereocenters. The second-order valence-corrected chi connectivity index (χ2v) is 5.88. The quantitative estimate of drug-likeness (QED) is 0.738. The molecule has 0 aromatic heterocycles. The Morgan fingerprint density at radius 1 is 1.28 bits per heavy atom. The number of aryl methyl sites for hydroxylation is 1. The topological polar surface area (TPSA) is 59.3 Å². The van der Waals surface area contributed by atoms with Gasteiger partial charge in [0.25, 0.3) is 0 Å². The van der Waals surface area contributed by atoms with Gasteiger partial charge in [0.1, 0.15) is 0 Å². The average molecular weight is 267 g/mol. The molecule has 98 valence electrons. The Bertz CT molecular complexity index is 483. The first-order chi connectivity index (χ1) is 8.56. The molecule has 0 saturated carbocycles. The summed E-state index contributed by atoms with van der Waals surface area (Å²) in [5.41, 5.74) is 2.13. The maximum atomic E-state index is 12.4. The summed E-state index contributed by atoms with van der Waals surface area (Å²) in [7, 11) is -3.15. The van der Waals surface area contributed by atoms with Gasteiger partial charge in [0.05, 0.1) is 31.0 Å². The number of hydrogen-bond donors (Lipinski definition) is 0. The van der Waals surface area contributed by atoms with Gasteiger partial charge in [-0.05, 0) is 31.9 Å². The van der Waals surface area contributed by atoms with Crippen molar-refractivity contribution in [2.75, 3.05) is 13.2 Å². The summed E-state index contributed by atoms with van der Waals surface area (Å²) in [4.78, 5) is 0. The molecule has 0 bridgehead atoms. The third-order valence-corrected chi connectivity index (χ3v) is 4.52. The zero-order valence-electron chi connectivity index (χ0n) is 11.0. The molecule has 1 aromatic rings. The van der Waals surface area contributed by atoms with E-state index in [9.17, 15) is 4.57 Å². The minimum atomic E-state index is -3.15. The second kappa shape index (κ2) is 6.70. The second-order valence-electron chi connectivity index (χ2n) is 3.83. The Morgan fingerprint density at radius 3 is 2.39 bits per heavy atom. The molecule has 18 heavy (non-hydrogen) atoms. The van der Waals surface area contributed by atoms with E-state index in [1.165, 1.54) is 0 Å². The lowest BCUT2D eigenvalue weighted by Crippen LogP contribution is -2.01. The predicted octanol–water partition coefficient (Wildman–Crippen LogP) is 3.63. The molecule has 0 saturated heterocycles. The van der Waals surface area contributed by atoms with Gasteiger partial charge in [-0.1, -0.05) is 18.2 Å². The molecule has 0 amide bonds. The molecule has 0 N–H and O–H groups in total. The maximum absolute atomic E-state index is 12.4. The summed E-state index contributed by atoms with van der Waals surface area (Å²) in [5, 5.41) is 9.13. The van der Waals surface area contributed by atoms with Crippen LogP contribution in [0.3, 0.4) is 0 Å². The van der Waals surface area contributed by atoms with Gasteiger partial charge in [0.15, 0.2) is 0 Å². The first kappa shape index (κ1) is 14.9. The smallest absolute Gasteiger partial charge is 0.309 e. The van der Waals surface area contributed by atoms with Gasteiger partial charge >= 0.3 is 7.60 Å². The van der Waals surface area contributed by atoms with Crippen molar-refractivity contribution < 1.29 is 13.6 Å². The number of benzene rings is 1. The Morgan fingerprint density at radius 2 is 1.89 bits per heavy atom. The molecule has 1 rings (SSSR count). The number of hydrogen-bond acceptors (Lipinski definition) is 4. The van der Waals surface area contributed by atoms with E-state index in [2.05, 4.69) is 6.07 Å². The molecule has 0 aliphatic heterocycles. The lowest BCUT2D eigenvalue weighted by atomic mass is 10.0. The van der Waals surface area contributed by atoms with E-state index < -0.39 is 7.60 Å². The fraction of sp³-hybridized carbons (Fsp3) is 0.462. The fourth-order valence-electron chi connectivity index (χ4n) is 1.75. The molecule has 0 radical (unpaired) electrons. The Hall–Kier alpha value is -1.14. The van der Waals surface area contributed by atoms with Gasteiger partial charge in [0, 0.05) is 0 Å². The van der Waals surface area contributed by atoms with Crippen molar-refractivity contribution in [3.8, 4) is 6.07 Å². The lowest BCUT2D eigenvalue weighted by Gasteiger charge is -2.17. The third-order valence-electron chi connectivity index (χ3n) is 2.49. The van der Waals surface area contributed by atoms with E-state index in [1.807, 2.05) is 19.1 Å². The molecule has 4 nitrogen and oxygen atoms in total. The van der Waals surface area contributed by atoms with Crippen molar-refractivity contribution in [2.24, 2.45) is 0 Å². The van der Waals surface area contributed by atoms with Gasteiger partial charge in [-0.15, -0.1) is 0 Å². The Kier molecular flexibility index (Phi) is 5.55. The molecule has 0 fully saturated rings. The lowest BCUT2D eigenvalue weighted by molar-refractivity contribution is 0.219.